The quantitative estimate of drug-likeness (QED) is 0.557. The molecule has 0 radical (unpaired) electrons. The maximum Gasteiger partial charge on any atom is 0.335 e. The number of hydrogen-bond acceptors (Lipinski definition) is 4. The number of nitrogens with zero attached hydrogens (tertiary/aromatic N) is 1. The third kappa shape index (κ3) is 2.78. The Hall–Kier alpha value is -2.79. The summed E-state index contributed by atoms with van der Waals surface area (Å²) in [5.41, 5.74) is 15.9. The first-order valence-corrected chi connectivity index (χ1v) is 10.1. The average molecular weight is 375 g/mol. The number of carboxylic acid groups (broad SMARTS) is 1. The summed E-state index contributed by atoms with van der Waals surface area (Å²) in [6, 6.07) is 14.2. The van der Waals surface area contributed by atoms with Crippen molar-refractivity contribution in [3.63, 3.8) is 0 Å². The molecule has 5 heteroatoms. The van der Waals surface area contributed by atoms with E-state index in [1.165, 1.54) is 17.6 Å². The van der Waals surface area contributed by atoms with Crippen molar-refractivity contribution >= 4 is 17.3 Å². The number of anilines is 2. The zero-order valence-corrected chi connectivity index (χ0v) is 15.8. The van der Waals surface area contributed by atoms with Gasteiger partial charge in [0, 0.05) is 11.6 Å². The van der Waals surface area contributed by atoms with Crippen LogP contribution >= 0.6 is 0 Å². The van der Waals surface area contributed by atoms with Crippen LogP contribution in [0.25, 0.3) is 0 Å². The molecule has 2 aliphatic carbocycles. The van der Waals surface area contributed by atoms with Crippen LogP contribution in [-0.2, 0) is 6.42 Å². The third-order valence-corrected chi connectivity index (χ3v) is 6.49. The van der Waals surface area contributed by atoms with Crippen LogP contribution in [0.15, 0.2) is 54.1 Å². The number of nitrogens with one attached hydrogen (secondary N) is 1. The molecular formula is C23H25N3O2. The van der Waals surface area contributed by atoms with Gasteiger partial charge in [-0.3, -0.25) is 0 Å². The Kier molecular flexibility index (Phi) is 4.13. The van der Waals surface area contributed by atoms with Crippen LogP contribution in [0.3, 0.4) is 0 Å². The van der Waals surface area contributed by atoms with E-state index in [0.29, 0.717) is 17.5 Å². The summed E-state index contributed by atoms with van der Waals surface area (Å²) in [4.78, 5) is 11.4. The Morgan fingerprint density at radius 3 is 2.68 bits per heavy atom. The molecule has 3 unspecified atom stereocenters. The minimum Gasteiger partial charge on any atom is -0.478 e. The molecule has 2 aromatic carbocycles. The molecule has 5 rings (SSSR count). The second-order valence-electron chi connectivity index (χ2n) is 8.11. The highest BCUT2D eigenvalue weighted by Gasteiger charge is 2.46. The Morgan fingerprint density at radius 1 is 1.14 bits per heavy atom. The first kappa shape index (κ1) is 17.3. The summed E-state index contributed by atoms with van der Waals surface area (Å²) < 4.78 is 0. The van der Waals surface area contributed by atoms with Crippen molar-refractivity contribution in [1.29, 1.82) is 0 Å². The predicted octanol–water partition coefficient (Wildman–Crippen LogP) is 4.07. The van der Waals surface area contributed by atoms with Crippen LogP contribution in [0.1, 0.15) is 53.2 Å². The number of carbonyl (C=O) groups is 1. The minimum atomic E-state index is -0.859. The maximum atomic E-state index is 11.4. The summed E-state index contributed by atoms with van der Waals surface area (Å²) in [6.45, 7) is 0. The van der Waals surface area contributed by atoms with Gasteiger partial charge in [0.05, 0.1) is 23.3 Å². The fourth-order valence-corrected chi connectivity index (χ4v) is 5.18. The van der Waals surface area contributed by atoms with Gasteiger partial charge in [-0.15, -0.1) is 0 Å². The van der Waals surface area contributed by atoms with Crippen molar-refractivity contribution in [2.75, 3.05) is 10.7 Å². The van der Waals surface area contributed by atoms with Crippen LogP contribution in [0.2, 0.25) is 0 Å². The van der Waals surface area contributed by atoms with Crippen molar-refractivity contribution in [2.24, 2.45) is 5.92 Å². The lowest BCUT2D eigenvalue weighted by Gasteiger charge is -2.32. The van der Waals surface area contributed by atoms with Gasteiger partial charge in [0.25, 0.3) is 0 Å². The van der Waals surface area contributed by atoms with E-state index >= 15 is 0 Å². The summed E-state index contributed by atoms with van der Waals surface area (Å²) in [5.74, 6) is -0.383. The van der Waals surface area contributed by atoms with Gasteiger partial charge in [0.2, 0.25) is 0 Å². The average Bonchev–Trinajstić information content (AvgIpc) is 3.35. The van der Waals surface area contributed by atoms with Gasteiger partial charge in [-0.1, -0.05) is 12.1 Å². The summed E-state index contributed by atoms with van der Waals surface area (Å²) >= 11 is 0. The lowest BCUT2D eigenvalue weighted by molar-refractivity contribution is 0.0696. The number of nitrogens with two attached hydrogens (primary N) is 1. The van der Waals surface area contributed by atoms with Crippen molar-refractivity contribution in [3.8, 4) is 0 Å². The number of benzene rings is 2. The second kappa shape index (κ2) is 6.67. The van der Waals surface area contributed by atoms with Crippen LogP contribution < -0.4 is 16.2 Å². The monoisotopic (exact) mass is 375 g/mol. The van der Waals surface area contributed by atoms with Gasteiger partial charge >= 0.3 is 5.97 Å². The number of carboxylic acids is 1. The van der Waals surface area contributed by atoms with Crippen molar-refractivity contribution < 1.29 is 9.90 Å². The van der Waals surface area contributed by atoms with Gasteiger partial charge in [0.15, 0.2) is 0 Å². The van der Waals surface area contributed by atoms with E-state index in [2.05, 4.69) is 28.6 Å². The van der Waals surface area contributed by atoms with Crippen molar-refractivity contribution in [3.05, 3.63) is 70.8 Å². The minimum absolute atomic E-state index is 0.204. The molecule has 5 nitrogen and oxygen atoms in total. The number of hydrogen-bond donors (Lipinski definition) is 3. The number of aryl methyl sites for hydroxylation is 1. The molecule has 0 spiro atoms. The van der Waals surface area contributed by atoms with Gasteiger partial charge in [-0.25, -0.2) is 10.2 Å². The molecule has 3 aliphatic rings. The maximum absolute atomic E-state index is 11.4. The van der Waals surface area contributed by atoms with Gasteiger partial charge in [-0.05, 0) is 85.2 Å². The van der Waals surface area contributed by atoms with E-state index in [4.69, 9.17) is 5.73 Å². The van der Waals surface area contributed by atoms with Gasteiger partial charge < -0.3 is 15.8 Å². The SMILES string of the molecule is Nc1ccc(N2NC3c4ccc(C(=O)O)cc4CCC3C2C2=CCCC2)cc1. The Bertz CT molecular complexity index is 951. The van der Waals surface area contributed by atoms with Crippen LogP contribution in [0, 0.1) is 5.92 Å². The normalized spacial score (nSPS) is 25.9. The first-order chi connectivity index (χ1) is 13.6. The number of allylic oxidation sites excluding steroid dienone is 1. The predicted molar refractivity (Wildman–Crippen MR) is 110 cm³/mol. The molecule has 28 heavy (non-hydrogen) atoms. The first-order valence-electron chi connectivity index (χ1n) is 10.1. The largest absolute Gasteiger partial charge is 0.478 e. The van der Waals surface area contributed by atoms with E-state index in [-0.39, 0.29) is 6.04 Å². The van der Waals surface area contributed by atoms with Gasteiger partial charge in [0.1, 0.15) is 0 Å². The fourth-order valence-electron chi connectivity index (χ4n) is 5.18. The Balaban J connectivity index is 1.55. The van der Waals surface area contributed by atoms with E-state index < -0.39 is 5.97 Å². The van der Waals surface area contributed by atoms with E-state index in [1.807, 2.05) is 24.3 Å². The highest BCUT2D eigenvalue weighted by atomic mass is 16.4. The lowest BCUT2D eigenvalue weighted by atomic mass is 9.75. The molecule has 0 aromatic heterocycles. The molecule has 1 aliphatic heterocycles. The van der Waals surface area contributed by atoms with E-state index in [9.17, 15) is 9.90 Å². The molecule has 1 fully saturated rings. The molecule has 1 saturated heterocycles. The van der Waals surface area contributed by atoms with Crippen molar-refractivity contribution in [1.82, 2.24) is 5.43 Å². The molecular weight excluding hydrogens is 350 g/mol. The smallest absolute Gasteiger partial charge is 0.335 e. The highest BCUT2D eigenvalue weighted by molar-refractivity contribution is 5.88. The van der Waals surface area contributed by atoms with Crippen LogP contribution in [-0.4, -0.2) is 17.1 Å². The Morgan fingerprint density at radius 2 is 1.96 bits per heavy atom. The van der Waals surface area contributed by atoms with Crippen LogP contribution in [0.5, 0.6) is 0 Å². The summed E-state index contributed by atoms with van der Waals surface area (Å²) in [7, 11) is 0. The number of hydrazine groups is 1. The number of fused-ring (bicyclic) bond motifs is 3. The van der Waals surface area contributed by atoms with E-state index in [0.717, 1.165) is 42.6 Å². The zero-order valence-electron chi connectivity index (χ0n) is 15.8. The number of rotatable bonds is 3. The molecule has 0 saturated carbocycles. The molecule has 0 bridgehead atoms. The molecule has 144 valence electrons. The zero-order chi connectivity index (χ0) is 19.3. The topological polar surface area (TPSA) is 78.6 Å². The second-order valence-corrected chi connectivity index (χ2v) is 8.11. The summed E-state index contributed by atoms with van der Waals surface area (Å²) in [6.07, 6.45) is 7.96. The molecule has 0 amide bonds. The molecule has 1 heterocycles. The number of aromatic carboxylic acids is 1. The molecule has 3 atom stereocenters. The fraction of sp³-hybridized carbons (Fsp3) is 0.348. The molecule has 4 N–H and O–H groups in total. The highest BCUT2D eigenvalue weighted by Crippen LogP contribution is 2.47. The summed E-state index contributed by atoms with van der Waals surface area (Å²) in [5, 5.41) is 11.7. The van der Waals surface area contributed by atoms with E-state index in [1.54, 1.807) is 6.07 Å². The third-order valence-electron chi connectivity index (χ3n) is 6.49. The van der Waals surface area contributed by atoms with Crippen LogP contribution in [0.4, 0.5) is 11.4 Å². The molecule has 2 aromatic rings. The lowest BCUT2D eigenvalue weighted by Crippen LogP contribution is -2.39. The van der Waals surface area contributed by atoms with Gasteiger partial charge in [-0.2, -0.15) is 0 Å². The standard InChI is InChI=1S/C23H25N3O2/c24-17-7-9-18(10-8-17)26-22(14-3-1-2-4-14)20-12-5-15-13-16(23(27)28)6-11-19(15)21(20)25-26/h3,6-11,13,20-22,25H,1-2,4-5,12,24H2,(H,27,28). The Labute approximate surface area is 164 Å². The van der Waals surface area contributed by atoms with Crippen molar-refractivity contribution in [2.45, 2.75) is 44.2 Å². The number of nitrogen functional groups attached to an aromatic ring is 1.